The molecule has 0 spiro atoms. The van der Waals surface area contributed by atoms with E-state index in [1.165, 1.54) is 4.31 Å². The van der Waals surface area contributed by atoms with Gasteiger partial charge in [-0.15, -0.1) is 0 Å². The highest BCUT2D eigenvalue weighted by molar-refractivity contribution is 7.89. The molecule has 3 aromatic carbocycles. The van der Waals surface area contributed by atoms with E-state index in [9.17, 15) is 8.42 Å². The summed E-state index contributed by atoms with van der Waals surface area (Å²) in [5, 5.41) is 8.65. The third-order valence-electron chi connectivity index (χ3n) is 4.97. The average molecular weight is 452 g/mol. The zero-order valence-corrected chi connectivity index (χ0v) is 18.8. The summed E-state index contributed by atoms with van der Waals surface area (Å²) in [6, 6.07) is 21.2. The molecule has 166 valence electrons. The first kappa shape index (κ1) is 23.2. The Kier molecular flexibility index (Phi) is 7.77. The first-order valence-electron chi connectivity index (χ1n) is 9.93. The van der Waals surface area contributed by atoms with Gasteiger partial charge in [0.05, 0.1) is 19.1 Å². The van der Waals surface area contributed by atoms with Crippen LogP contribution < -0.4 is 9.47 Å². The lowest BCUT2D eigenvalue weighted by atomic mass is 10.2. The molecule has 0 aliphatic heterocycles. The predicted octanol–water partition coefficient (Wildman–Crippen LogP) is 3.97. The second kappa shape index (κ2) is 10.7. The number of aliphatic hydroxyl groups excluding tert-OH is 1. The Morgan fingerprint density at radius 2 is 1.19 bits per heavy atom. The molecule has 0 saturated heterocycles. The molecular formula is C25H25NO5S. The maximum Gasteiger partial charge on any atom is 0.243 e. The maximum atomic E-state index is 13.5. The van der Waals surface area contributed by atoms with Gasteiger partial charge in [0.25, 0.3) is 0 Å². The van der Waals surface area contributed by atoms with Crippen LogP contribution in [-0.4, -0.2) is 32.0 Å². The minimum absolute atomic E-state index is 0.195. The molecule has 32 heavy (non-hydrogen) atoms. The lowest BCUT2D eigenvalue weighted by Gasteiger charge is -2.23. The van der Waals surface area contributed by atoms with Gasteiger partial charge in [-0.3, -0.25) is 0 Å². The van der Waals surface area contributed by atoms with Crippen molar-refractivity contribution in [3.63, 3.8) is 0 Å². The van der Waals surface area contributed by atoms with Crippen molar-refractivity contribution < 1.29 is 23.0 Å². The van der Waals surface area contributed by atoms with E-state index in [1.807, 2.05) is 54.6 Å². The van der Waals surface area contributed by atoms with Gasteiger partial charge in [-0.2, -0.15) is 4.31 Å². The number of benzene rings is 3. The summed E-state index contributed by atoms with van der Waals surface area (Å²) in [5.74, 6) is 3.97. The Labute approximate surface area is 189 Å². The molecule has 6 nitrogen and oxygen atoms in total. The molecule has 0 aromatic heterocycles. The van der Waals surface area contributed by atoms with Crippen LogP contribution >= 0.6 is 0 Å². The molecule has 0 atom stereocenters. The van der Waals surface area contributed by atoms with Crippen LogP contribution in [0.4, 0.5) is 0 Å². The number of rotatable bonds is 9. The Bertz CT molecular complexity index is 1130. The van der Waals surface area contributed by atoms with E-state index in [-0.39, 0.29) is 18.0 Å². The van der Waals surface area contributed by atoms with Crippen LogP contribution in [0.3, 0.4) is 0 Å². The van der Waals surface area contributed by atoms with Crippen LogP contribution in [0, 0.1) is 12.0 Å². The van der Waals surface area contributed by atoms with Gasteiger partial charge in [-0.25, -0.2) is 8.42 Å². The summed E-state index contributed by atoms with van der Waals surface area (Å²) < 4.78 is 38.9. The van der Waals surface area contributed by atoms with Gasteiger partial charge in [-0.1, -0.05) is 42.3 Å². The number of aliphatic hydroxyl groups is 1. The molecule has 0 fully saturated rings. The van der Waals surface area contributed by atoms with Gasteiger partial charge >= 0.3 is 0 Å². The summed E-state index contributed by atoms with van der Waals surface area (Å²) in [4.78, 5) is 0.195. The standard InChI is InChI=1S/C25H25NO5S/c1-30-23-11-5-21(6-12-23)18-26(19-22-7-13-24(31-2)14-8-22)32(28,29)25-15-9-20(10-16-25)4-3-17-27/h5-16,27H,4,18-19H2,1-2H3. The fourth-order valence-corrected chi connectivity index (χ4v) is 4.58. The van der Waals surface area contributed by atoms with Gasteiger partial charge in [0.2, 0.25) is 10.0 Å². The van der Waals surface area contributed by atoms with E-state index in [1.54, 1.807) is 38.5 Å². The number of hydrogen-bond donors (Lipinski definition) is 1. The highest BCUT2D eigenvalue weighted by atomic mass is 32.2. The number of hydrogen-bond acceptors (Lipinski definition) is 5. The van der Waals surface area contributed by atoms with Crippen LogP contribution in [0.5, 0.6) is 11.5 Å². The fourth-order valence-electron chi connectivity index (χ4n) is 3.16. The molecule has 0 amide bonds. The number of methoxy groups -OCH3 is 2. The van der Waals surface area contributed by atoms with Crippen LogP contribution in [0.25, 0.3) is 0 Å². The van der Waals surface area contributed by atoms with Crippen LogP contribution in [-0.2, 0) is 29.5 Å². The van der Waals surface area contributed by atoms with Crippen molar-refractivity contribution in [1.82, 2.24) is 4.31 Å². The summed E-state index contributed by atoms with van der Waals surface area (Å²) in [6.45, 7) is 0.409. The zero-order chi connectivity index (χ0) is 23.0. The van der Waals surface area contributed by atoms with Crippen LogP contribution in [0.15, 0.2) is 77.7 Å². The number of nitrogens with zero attached hydrogens (tertiary/aromatic N) is 1. The third kappa shape index (κ3) is 5.82. The monoisotopic (exact) mass is 451 g/mol. The van der Waals surface area contributed by atoms with Crippen LogP contribution in [0.1, 0.15) is 16.7 Å². The quantitative estimate of drug-likeness (QED) is 0.498. The van der Waals surface area contributed by atoms with Crippen molar-refractivity contribution >= 4 is 10.0 Å². The molecule has 0 unspecified atom stereocenters. The van der Waals surface area contributed by atoms with E-state index in [2.05, 4.69) is 5.92 Å². The first-order valence-corrected chi connectivity index (χ1v) is 11.4. The topological polar surface area (TPSA) is 76.1 Å². The van der Waals surface area contributed by atoms with Gasteiger partial charge in [0, 0.05) is 19.5 Å². The molecule has 0 heterocycles. The molecule has 0 radical (unpaired) electrons. The fraction of sp³-hybridized carbons (Fsp3) is 0.200. The Hall–Kier alpha value is -3.47. The smallest absolute Gasteiger partial charge is 0.243 e. The predicted molar refractivity (Wildman–Crippen MR) is 122 cm³/mol. The summed E-state index contributed by atoms with van der Waals surface area (Å²) >= 11 is 0. The summed E-state index contributed by atoms with van der Waals surface area (Å²) in [6.07, 6.45) is 2.20. The molecule has 0 aliphatic carbocycles. The third-order valence-corrected chi connectivity index (χ3v) is 6.77. The van der Waals surface area contributed by atoms with E-state index in [4.69, 9.17) is 14.6 Å². The minimum Gasteiger partial charge on any atom is -0.497 e. The highest BCUT2D eigenvalue weighted by Gasteiger charge is 2.25. The largest absolute Gasteiger partial charge is 0.497 e. The molecule has 0 aliphatic rings. The molecule has 7 heteroatoms. The normalized spacial score (nSPS) is 11.0. The van der Waals surface area contributed by atoms with Crippen molar-refractivity contribution in [3.8, 4) is 23.5 Å². The molecule has 0 saturated carbocycles. The lowest BCUT2D eigenvalue weighted by molar-refractivity contribution is 0.397. The van der Waals surface area contributed by atoms with Crippen molar-refractivity contribution in [3.05, 3.63) is 89.5 Å². The van der Waals surface area contributed by atoms with E-state index >= 15 is 0 Å². The summed E-state index contributed by atoms with van der Waals surface area (Å²) in [7, 11) is -0.604. The number of sulfonamides is 1. The molecular weight excluding hydrogens is 426 g/mol. The van der Waals surface area contributed by atoms with Crippen molar-refractivity contribution in [2.24, 2.45) is 0 Å². The van der Waals surface area contributed by atoms with Gasteiger partial charge in [-0.05, 0) is 53.1 Å². The second-order valence-electron chi connectivity index (χ2n) is 7.08. The van der Waals surface area contributed by atoms with Crippen molar-refractivity contribution in [2.45, 2.75) is 24.4 Å². The minimum atomic E-state index is -3.78. The SMILES string of the molecule is COc1ccc(CN(Cc2ccc(OC)cc2)S(=O)(=O)c2ccc(CC#CO)cc2)cc1. The van der Waals surface area contributed by atoms with Crippen molar-refractivity contribution in [2.75, 3.05) is 14.2 Å². The number of ether oxygens (including phenoxy) is 2. The first-order chi connectivity index (χ1) is 15.5. The Morgan fingerprint density at radius 1 is 0.750 bits per heavy atom. The van der Waals surface area contributed by atoms with E-state index in [0.717, 1.165) is 16.7 Å². The highest BCUT2D eigenvalue weighted by Crippen LogP contribution is 2.23. The molecule has 0 bridgehead atoms. The second-order valence-corrected chi connectivity index (χ2v) is 9.02. The zero-order valence-electron chi connectivity index (χ0n) is 18.0. The van der Waals surface area contributed by atoms with Crippen LogP contribution in [0.2, 0.25) is 0 Å². The lowest BCUT2D eigenvalue weighted by Crippen LogP contribution is -2.30. The van der Waals surface area contributed by atoms with Crippen molar-refractivity contribution in [1.29, 1.82) is 0 Å². The van der Waals surface area contributed by atoms with E-state index < -0.39 is 10.0 Å². The van der Waals surface area contributed by atoms with Gasteiger partial charge < -0.3 is 14.6 Å². The summed E-state index contributed by atoms with van der Waals surface area (Å²) in [5.41, 5.74) is 2.51. The molecule has 1 N–H and O–H groups in total. The molecule has 3 aromatic rings. The van der Waals surface area contributed by atoms with Gasteiger partial charge in [0.15, 0.2) is 0 Å². The Balaban J connectivity index is 1.91. The Morgan fingerprint density at radius 3 is 1.59 bits per heavy atom. The average Bonchev–Trinajstić information content (AvgIpc) is 2.83. The van der Waals surface area contributed by atoms with Gasteiger partial charge in [0.1, 0.15) is 17.6 Å². The maximum absolute atomic E-state index is 13.5. The van der Waals surface area contributed by atoms with E-state index in [0.29, 0.717) is 17.9 Å². The molecule has 3 rings (SSSR count).